The summed E-state index contributed by atoms with van der Waals surface area (Å²) in [6, 6.07) is 78.3. The van der Waals surface area contributed by atoms with Gasteiger partial charge in [-0.2, -0.15) is 0 Å². The Morgan fingerprint density at radius 1 is 0.439 bits per heavy atom. The fraction of sp³-hybridized carbons (Fsp3) is 0.478. The van der Waals surface area contributed by atoms with Crippen molar-refractivity contribution in [2.45, 2.75) is 271 Å². The molecule has 0 amide bonds. The molecule has 9 aromatic rings. The van der Waals surface area contributed by atoms with Gasteiger partial charge in [-0.1, -0.05) is 276 Å². The van der Waals surface area contributed by atoms with E-state index in [0.717, 1.165) is 56.7 Å². The third kappa shape index (κ3) is 33.8. The summed E-state index contributed by atoms with van der Waals surface area (Å²) in [7, 11) is -1.72. The van der Waals surface area contributed by atoms with Gasteiger partial charge in [-0.3, -0.25) is 0 Å². The quantitative estimate of drug-likeness (QED) is 0.00876. The number of alkyl halides is 1. The summed E-state index contributed by atoms with van der Waals surface area (Å²) in [4.78, 5) is 27.4. The van der Waals surface area contributed by atoms with Gasteiger partial charge in [-0.05, 0) is 145 Å². The Balaban J connectivity index is 0.000000251. The number of carbonyl (C=O) groups excluding carboxylic acids is 2. The van der Waals surface area contributed by atoms with E-state index in [1.54, 1.807) is 40.6 Å². The molecule has 2 heterocycles. The summed E-state index contributed by atoms with van der Waals surface area (Å²) >= 11 is 2.54. The van der Waals surface area contributed by atoms with Gasteiger partial charge >= 0.3 is 234 Å². The molecule has 2 fully saturated rings. The molecule has 18 nitrogen and oxygen atoms in total. The SMILES string of the molecule is CC(/C=C\C(C)C1OC(C)(C)OC1CCI)C(C)O[Si](c1ccccc1)(c1ccccc1)C(C)(C)C.COCOc1cc(OCc2ccc(OC)cc2)cc(C(C)CCC2OC(C)(C)OC2C(C)/C=C\[C@@H](C)C(C)O[Si](c2ccccc2)(c2ccccc2)C(C)(C)C)c1C(=O)OCC[Si](C)(C)C.COCOc1cc(OCc2ccc(OC)cc2)cc(C[Se]c2ccccc2)c1C(=O)OCC[Si](C)(C)C. The average molecular weight is 2150 g/mol. The Hall–Kier alpha value is -8.00. The van der Waals surface area contributed by atoms with Crippen LogP contribution in [0, 0.1) is 23.7 Å². The molecule has 0 spiro atoms. The third-order valence-corrected chi connectivity index (χ3v) is 42.1. The van der Waals surface area contributed by atoms with Crippen LogP contribution in [0.2, 0.25) is 61.4 Å². The molecule has 10 unspecified atom stereocenters. The molecule has 756 valence electrons. The number of esters is 2. The van der Waals surface area contributed by atoms with E-state index in [-0.39, 0.29) is 111 Å². The van der Waals surface area contributed by atoms with Crippen LogP contribution in [0.15, 0.2) is 249 Å². The predicted octanol–water partition coefficient (Wildman–Crippen LogP) is 24.4. The van der Waals surface area contributed by atoms with E-state index in [1.807, 2.05) is 107 Å². The number of hydrogen-bond acceptors (Lipinski definition) is 18. The number of benzene rings is 9. The first-order valence-electron chi connectivity index (χ1n) is 49.2. The van der Waals surface area contributed by atoms with E-state index in [4.69, 9.17) is 75.2 Å². The molecule has 2 saturated heterocycles. The molecule has 0 N–H and O–H groups in total. The van der Waals surface area contributed by atoms with Gasteiger partial charge in [0.1, 0.15) is 29.4 Å². The van der Waals surface area contributed by atoms with Crippen molar-refractivity contribution < 1.29 is 84.8 Å². The van der Waals surface area contributed by atoms with Gasteiger partial charge in [0, 0.05) is 49.7 Å². The number of hydrogen-bond donors (Lipinski definition) is 0. The maximum atomic E-state index is 14.1. The van der Waals surface area contributed by atoms with Crippen molar-refractivity contribution >= 4 is 107 Å². The second-order valence-corrected chi connectivity index (χ2v) is 65.2. The first kappa shape index (κ1) is 115. The fourth-order valence-corrected chi connectivity index (χ4v) is 31.0. The van der Waals surface area contributed by atoms with Crippen molar-refractivity contribution in [1.29, 1.82) is 0 Å². The summed E-state index contributed by atoms with van der Waals surface area (Å²) in [6.45, 7) is 52.5. The van der Waals surface area contributed by atoms with E-state index in [2.05, 4.69) is 310 Å². The van der Waals surface area contributed by atoms with Gasteiger partial charge in [-0.25, -0.2) is 4.79 Å². The van der Waals surface area contributed by atoms with Crippen molar-refractivity contribution in [2.75, 3.05) is 59.7 Å². The molecule has 24 heteroatoms. The summed E-state index contributed by atoms with van der Waals surface area (Å²) in [5.74, 6) is 2.09. The van der Waals surface area contributed by atoms with Crippen molar-refractivity contribution in [1.82, 2.24) is 0 Å². The Morgan fingerprint density at radius 3 is 1.16 bits per heavy atom. The van der Waals surface area contributed by atoms with Gasteiger partial charge in [0.05, 0.1) is 38.1 Å². The number of carbonyl (C=O) groups is 2. The zero-order valence-corrected chi connectivity index (χ0v) is 95.7. The molecule has 11 atom stereocenters. The number of ether oxygens (including phenoxy) is 14. The van der Waals surface area contributed by atoms with Crippen molar-refractivity contribution in [2.24, 2.45) is 23.7 Å². The molecule has 0 radical (unpaired) electrons. The number of halogens is 1. The first-order valence-corrected chi connectivity index (χ1v) is 64.0. The van der Waals surface area contributed by atoms with Crippen molar-refractivity contribution in [3.05, 3.63) is 282 Å². The van der Waals surface area contributed by atoms with Gasteiger partial charge in [0.2, 0.25) is 0 Å². The number of methoxy groups -OCH3 is 4. The van der Waals surface area contributed by atoms with Crippen LogP contribution in [-0.4, -0.2) is 168 Å². The van der Waals surface area contributed by atoms with Crippen LogP contribution >= 0.6 is 22.6 Å². The normalized spacial score (nSPS) is 17.7. The Morgan fingerprint density at radius 2 is 0.799 bits per heavy atom. The predicted molar refractivity (Wildman–Crippen MR) is 585 cm³/mol. The van der Waals surface area contributed by atoms with Crippen molar-refractivity contribution in [3.8, 4) is 34.5 Å². The first-order chi connectivity index (χ1) is 65.9. The topological polar surface area (TPSA) is 182 Å². The Labute approximate surface area is 856 Å². The molecule has 0 aliphatic carbocycles. The van der Waals surface area contributed by atoms with E-state index in [0.29, 0.717) is 78.7 Å². The maximum absolute atomic E-state index is 14.1. The second-order valence-electron chi connectivity index (χ2n) is 42.1. The number of rotatable bonds is 47. The molecule has 2 aliphatic heterocycles. The van der Waals surface area contributed by atoms with Crippen LogP contribution in [-0.2, 0) is 65.3 Å². The van der Waals surface area contributed by atoms with Crippen LogP contribution in [0.25, 0.3) is 0 Å². The van der Waals surface area contributed by atoms with Gasteiger partial charge in [-0.15, -0.1) is 0 Å². The Kier molecular flexibility index (Phi) is 44.1. The van der Waals surface area contributed by atoms with Crippen LogP contribution in [0.4, 0.5) is 0 Å². The monoisotopic (exact) mass is 2150 g/mol. The fourth-order valence-electron chi connectivity index (χ4n) is 17.5. The van der Waals surface area contributed by atoms with E-state index in [9.17, 15) is 9.59 Å². The molecule has 11 rings (SSSR count). The molecule has 0 aromatic heterocycles. The van der Waals surface area contributed by atoms with E-state index >= 15 is 0 Å². The van der Waals surface area contributed by atoms with Gasteiger partial charge in [0.25, 0.3) is 16.6 Å². The van der Waals surface area contributed by atoms with E-state index < -0.39 is 50.3 Å². The second kappa shape index (κ2) is 53.5. The molecular formula is C115H159IO18SeSi4. The minimum absolute atomic E-state index is 0.0143. The van der Waals surface area contributed by atoms with Crippen LogP contribution in [0.5, 0.6) is 34.5 Å². The van der Waals surface area contributed by atoms with Crippen molar-refractivity contribution in [3.63, 3.8) is 0 Å². The summed E-state index contributed by atoms with van der Waals surface area (Å²) < 4.78 is 100. The average Bonchev–Trinajstić information content (AvgIpc) is 1.34. The molecule has 2 aliphatic rings. The molecular weight excluding hydrogens is 1990 g/mol. The Bertz CT molecular complexity index is 5160. The minimum atomic E-state index is -2.73. The van der Waals surface area contributed by atoms with Gasteiger partial charge in [0.15, 0.2) is 18.4 Å². The van der Waals surface area contributed by atoms with Crippen LogP contribution in [0.1, 0.15) is 186 Å². The zero-order valence-electron chi connectivity index (χ0n) is 87.8. The summed E-state index contributed by atoms with van der Waals surface area (Å²) in [5.41, 5.74) is 4.46. The molecule has 9 aromatic carbocycles. The van der Waals surface area contributed by atoms with Gasteiger partial charge < -0.3 is 51.5 Å². The van der Waals surface area contributed by atoms with Crippen LogP contribution in [0.3, 0.4) is 0 Å². The van der Waals surface area contributed by atoms with Crippen LogP contribution < -0.4 is 53.6 Å². The third-order valence-electron chi connectivity index (χ3n) is 25.5. The molecule has 0 saturated carbocycles. The van der Waals surface area contributed by atoms with E-state index in [1.165, 1.54) is 25.2 Å². The standard InChI is InChI=1S/C55H78O9Si2.C31H45IO3Si.C29H36O6SeSi/c1-39(42(4)64-66(54(5,6)7,46-21-17-15-18-22-46)47-23-19-16-20-24-47)25-26-41(3)52-49(62-55(8,9)63-52)32-27-40(2)48-35-45(60-37-43-28-30-44(58-11)31-29-43)36-50(61-38-57-10)51(48)53(56)59-33-34-65(12,13)14;1-23(19-20-24(2)29-28(21-22-32)33-31(7,8)34-29)25(3)35-36(30(4,5)6,26-15-11-9-12-16-26)27-17-13-10-14-18-27;1-31-21-35-27-18-25(34-19-22-11-13-24(32-2)14-12-22)17-23(20-36-26-9-7-6-8-10-26)28(27)29(30)33-15-16-37(3,4)5/h15-26,28-31,35-36,39-42,49,52H,27,32-34,37-38H2,1-14H3;9-20,23-25,28-29H,21-22H2,1-8H3;6-14,17-18H,15-16,19-21H2,1-5H3/b26-25-;20-19-;/t39-,40?,41?,42?,49?,52?;;/m1../s1. The summed E-state index contributed by atoms with van der Waals surface area (Å²) in [6.07, 6.45) is 11.5. The zero-order chi connectivity index (χ0) is 102. The molecule has 139 heavy (non-hydrogen) atoms. The molecule has 0 bridgehead atoms. The summed E-state index contributed by atoms with van der Waals surface area (Å²) in [5, 5.41) is 5.72.